The van der Waals surface area contributed by atoms with Crippen molar-refractivity contribution in [1.29, 1.82) is 0 Å². The summed E-state index contributed by atoms with van der Waals surface area (Å²) >= 11 is 0. The Kier molecular flexibility index (Phi) is 4.98. The number of aromatic nitrogens is 1. The Balaban J connectivity index is 2.85. The fourth-order valence-corrected chi connectivity index (χ4v) is 2.48. The normalized spacial score (nSPS) is 12.0. The SMILES string of the molecule is CNCCCN(C)S(=O)(=O)c1ncccc1F. The molecule has 0 aromatic carbocycles. The van der Waals surface area contributed by atoms with Crippen LogP contribution in [0.2, 0.25) is 0 Å². The third kappa shape index (κ3) is 3.45. The Morgan fingerprint density at radius 3 is 2.82 bits per heavy atom. The Morgan fingerprint density at radius 1 is 1.53 bits per heavy atom. The monoisotopic (exact) mass is 261 g/mol. The molecule has 0 unspecified atom stereocenters. The molecule has 1 aromatic heterocycles. The van der Waals surface area contributed by atoms with Crippen LogP contribution in [0.25, 0.3) is 0 Å². The molecule has 0 atom stereocenters. The van der Waals surface area contributed by atoms with Crippen molar-refractivity contribution in [2.75, 3.05) is 27.2 Å². The van der Waals surface area contributed by atoms with E-state index in [1.807, 2.05) is 0 Å². The van der Waals surface area contributed by atoms with Crippen LogP contribution in [-0.4, -0.2) is 44.9 Å². The van der Waals surface area contributed by atoms with Gasteiger partial charge in [0, 0.05) is 19.8 Å². The molecule has 0 aliphatic carbocycles. The molecule has 0 aliphatic heterocycles. The predicted molar refractivity (Wildman–Crippen MR) is 62.6 cm³/mol. The van der Waals surface area contributed by atoms with Crippen LogP contribution in [0.3, 0.4) is 0 Å². The highest BCUT2D eigenvalue weighted by Gasteiger charge is 2.25. The summed E-state index contributed by atoms with van der Waals surface area (Å²) in [4.78, 5) is 3.58. The summed E-state index contributed by atoms with van der Waals surface area (Å²) in [5.74, 6) is -0.826. The molecule has 1 aromatic rings. The van der Waals surface area contributed by atoms with E-state index >= 15 is 0 Å². The molecule has 0 fully saturated rings. The molecule has 17 heavy (non-hydrogen) atoms. The van der Waals surface area contributed by atoms with Crippen molar-refractivity contribution in [2.24, 2.45) is 0 Å². The molecule has 0 saturated heterocycles. The first-order valence-electron chi connectivity index (χ1n) is 5.21. The average molecular weight is 261 g/mol. The molecule has 0 bridgehead atoms. The number of nitrogens with zero attached hydrogens (tertiary/aromatic N) is 2. The lowest BCUT2D eigenvalue weighted by Gasteiger charge is -2.16. The molecule has 1 N–H and O–H groups in total. The summed E-state index contributed by atoms with van der Waals surface area (Å²) in [5, 5.41) is 2.39. The van der Waals surface area contributed by atoms with Crippen LogP contribution in [0.1, 0.15) is 6.42 Å². The second-order valence-corrected chi connectivity index (χ2v) is 5.53. The Hall–Kier alpha value is -1.05. The number of sulfonamides is 1. The Morgan fingerprint density at radius 2 is 2.24 bits per heavy atom. The summed E-state index contributed by atoms with van der Waals surface area (Å²) < 4.78 is 38.4. The minimum Gasteiger partial charge on any atom is -0.320 e. The molecule has 0 radical (unpaired) electrons. The average Bonchev–Trinajstić information content (AvgIpc) is 2.29. The van der Waals surface area contributed by atoms with Crippen LogP contribution in [0.5, 0.6) is 0 Å². The zero-order valence-corrected chi connectivity index (χ0v) is 10.7. The van der Waals surface area contributed by atoms with Gasteiger partial charge >= 0.3 is 0 Å². The second-order valence-electron chi connectivity index (χ2n) is 3.57. The maximum Gasteiger partial charge on any atom is 0.263 e. The number of rotatable bonds is 6. The lowest BCUT2D eigenvalue weighted by molar-refractivity contribution is 0.448. The van der Waals surface area contributed by atoms with E-state index in [1.54, 1.807) is 7.05 Å². The van der Waals surface area contributed by atoms with Crippen molar-refractivity contribution in [1.82, 2.24) is 14.6 Å². The number of hydrogen-bond acceptors (Lipinski definition) is 4. The van der Waals surface area contributed by atoms with Gasteiger partial charge in [0.25, 0.3) is 10.0 Å². The minimum atomic E-state index is -3.83. The standard InChI is InChI=1S/C10H16FN3O2S/c1-12-6-4-8-14(2)17(15,16)10-9(11)5-3-7-13-10/h3,5,7,12H,4,6,8H2,1-2H3. The van der Waals surface area contributed by atoms with E-state index in [9.17, 15) is 12.8 Å². The highest BCUT2D eigenvalue weighted by atomic mass is 32.2. The maximum atomic E-state index is 13.4. The Labute approximate surface area is 101 Å². The van der Waals surface area contributed by atoms with E-state index in [0.717, 1.165) is 10.4 Å². The lowest BCUT2D eigenvalue weighted by Crippen LogP contribution is -2.30. The fourth-order valence-electron chi connectivity index (χ4n) is 1.31. The fraction of sp³-hybridized carbons (Fsp3) is 0.500. The summed E-state index contributed by atoms with van der Waals surface area (Å²) in [6, 6.07) is 2.44. The van der Waals surface area contributed by atoms with Gasteiger partial charge in [-0.2, -0.15) is 4.31 Å². The zero-order chi connectivity index (χ0) is 12.9. The van der Waals surface area contributed by atoms with Gasteiger partial charge < -0.3 is 5.32 Å². The molecule has 0 amide bonds. The number of nitrogens with one attached hydrogen (secondary N) is 1. The second kappa shape index (κ2) is 6.04. The Bertz CT molecular complexity index is 464. The molecule has 0 saturated carbocycles. The minimum absolute atomic E-state index is 0.319. The predicted octanol–water partition coefficient (Wildman–Crippen LogP) is 0.451. The van der Waals surface area contributed by atoms with Crippen LogP contribution in [0.4, 0.5) is 4.39 Å². The van der Waals surface area contributed by atoms with Crippen molar-refractivity contribution in [3.63, 3.8) is 0 Å². The third-order valence-corrected chi connectivity index (χ3v) is 4.07. The largest absolute Gasteiger partial charge is 0.320 e. The molecule has 7 heteroatoms. The van der Waals surface area contributed by atoms with Gasteiger partial charge in [0.1, 0.15) is 0 Å². The lowest BCUT2D eigenvalue weighted by atomic mass is 10.4. The molecule has 0 spiro atoms. The molecule has 96 valence electrons. The van der Waals surface area contributed by atoms with E-state index < -0.39 is 20.9 Å². The van der Waals surface area contributed by atoms with Crippen molar-refractivity contribution >= 4 is 10.0 Å². The quantitative estimate of drug-likeness (QED) is 0.755. The van der Waals surface area contributed by atoms with E-state index in [-0.39, 0.29) is 0 Å². The van der Waals surface area contributed by atoms with Gasteiger partial charge in [0.05, 0.1) is 0 Å². The number of halogens is 1. The van der Waals surface area contributed by atoms with Crippen LogP contribution in [0, 0.1) is 5.82 Å². The van der Waals surface area contributed by atoms with Gasteiger partial charge in [-0.1, -0.05) is 0 Å². The van der Waals surface area contributed by atoms with Crippen LogP contribution in [-0.2, 0) is 10.0 Å². The first kappa shape index (κ1) is 14.0. The third-order valence-electron chi connectivity index (χ3n) is 2.28. The highest BCUT2D eigenvalue weighted by molar-refractivity contribution is 7.89. The van der Waals surface area contributed by atoms with Crippen molar-refractivity contribution in [2.45, 2.75) is 11.4 Å². The van der Waals surface area contributed by atoms with E-state index in [1.165, 1.54) is 19.3 Å². The molecular weight excluding hydrogens is 245 g/mol. The van der Waals surface area contributed by atoms with E-state index in [2.05, 4.69) is 10.3 Å². The molecule has 5 nitrogen and oxygen atoms in total. The first-order valence-corrected chi connectivity index (χ1v) is 6.65. The molecule has 1 rings (SSSR count). The number of hydrogen-bond donors (Lipinski definition) is 1. The summed E-state index contributed by atoms with van der Waals surface area (Å²) in [6.07, 6.45) is 1.91. The van der Waals surface area contributed by atoms with Crippen molar-refractivity contribution in [3.05, 3.63) is 24.1 Å². The van der Waals surface area contributed by atoms with Crippen LogP contribution >= 0.6 is 0 Å². The van der Waals surface area contributed by atoms with Crippen LogP contribution in [0.15, 0.2) is 23.4 Å². The van der Waals surface area contributed by atoms with Crippen molar-refractivity contribution in [3.8, 4) is 0 Å². The van der Waals surface area contributed by atoms with Gasteiger partial charge in [-0.15, -0.1) is 0 Å². The number of pyridine rings is 1. The van der Waals surface area contributed by atoms with Gasteiger partial charge in [-0.05, 0) is 32.1 Å². The van der Waals surface area contributed by atoms with E-state index in [0.29, 0.717) is 19.5 Å². The molecular formula is C10H16FN3O2S. The topological polar surface area (TPSA) is 62.3 Å². The highest BCUT2D eigenvalue weighted by Crippen LogP contribution is 2.14. The van der Waals surface area contributed by atoms with E-state index in [4.69, 9.17) is 0 Å². The first-order chi connectivity index (χ1) is 8.00. The zero-order valence-electron chi connectivity index (χ0n) is 9.85. The van der Waals surface area contributed by atoms with Gasteiger partial charge in [0.15, 0.2) is 5.82 Å². The van der Waals surface area contributed by atoms with Gasteiger partial charge in [-0.25, -0.2) is 17.8 Å². The molecule has 0 aliphatic rings. The molecule has 1 heterocycles. The maximum absolute atomic E-state index is 13.4. The van der Waals surface area contributed by atoms with Gasteiger partial charge in [-0.3, -0.25) is 0 Å². The smallest absolute Gasteiger partial charge is 0.263 e. The summed E-state index contributed by atoms with van der Waals surface area (Å²) in [6.45, 7) is 1.02. The van der Waals surface area contributed by atoms with Crippen LogP contribution < -0.4 is 5.32 Å². The summed E-state index contributed by atoms with van der Waals surface area (Å²) in [7, 11) is -0.630. The van der Waals surface area contributed by atoms with Crippen molar-refractivity contribution < 1.29 is 12.8 Å². The summed E-state index contributed by atoms with van der Waals surface area (Å²) in [5.41, 5.74) is 0. The van der Waals surface area contributed by atoms with Gasteiger partial charge in [0.2, 0.25) is 5.03 Å².